The van der Waals surface area contributed by atoms with Gasteiger partial charge in [-0.25, -0.2) is 0 Å². The molecule has 0 atom stereocenters. The number of allylic oxidation sites excluding steroid dienone is 4. The van der Waals surface area contributed by atoms with Crippen LogP contribution >= 0.6 is 11.8 Å². The molecular weight excluding hydrogens is 156 g/mol. The first-order chi connectivity index (χ1) is 5.35. The lowest BCUT2D eigenvalue weighted by Crippen LogP contribution is -1.82. The number of hydrogen-bond acceptors (Lipinski definition) is 2. The molecule has 0 aromatic rings. The van der Waals surface area contributed by atoms with Crippen LogP contribution < -0.4 is 0 Å². The maximum absolute atomic E-state index is 9.93. The zero-order valence-corrected chi connectivity index (χ0v) is 7.27. The summed E-state index contributed by atoms with van der Waals surface area (Å²) in [7, 11) is 0. The van der Waals surface area contributed by atoms with E-state index in [0.29, 0.717) is 0 Å². The molecule has 0 N–H and O–H groups in total. The van der Waals surface area contributed by atoms with Gasteiger partial charge < -0.3 is 0 Å². The van der Waals surface area contributed by atoms with Crippen LogP contribution in [-0.2, 0) is 4.79 Å². The van der Waals surface area contributed by atoms with Gasteiger partial charge in [0, 0.05) is 5.75 Å². The van der Waals surface area contributed by atoms with Gasteiger partial charge in [-0.1, -0.05) is 43.1 Å². The van der Waals surface area contributed by atoms with Crippen molar-refractivity contribution in [1.82, 2.24) is 0 Å². The van der Waals surface area contributed by atoms with Crippen LogP contribution in [0.4, 0.5) is 0 Å². The number of thioether (sulfide) groups is 1. The molecule has 0 aliphatic carbocycles. The van der Waals surface area contributed by atoms with E-state index in [9.17, 15) is 4.79 Å². The van der Waals surface area contributed by atoms with E-state index in [2.05, 4.69) is 13.2 Å². The van der Waals surface area contributed by atoms with E-state index in [1.54, 1.807) is 12.2 Å². The van der Waals surface area contributed by atoms with E-state index in [4.69, 9.17) is 0 Å². The molecule has 1 nitrogen and oxygen atoms in total. The average Bonchev–Trinajstić information content (AvgIpc) is 2.03. The molecule has 0 spiro atoms. The third-order valence-corrected chi connectivity index (χ3v) is 1.75. The third-order valence-electron chi connectivity index (χ3n) is 1.17. The van der Waals surface area contributed by atoms with E-state index in [1.165, 1.54) is 11.8 Å². The first-order valence-electron chi connectivity index (χ1n) is 3.34. The van der Waals surface area contributed by atoms with Crippen LogP contribution in [0.15, 0.2) is 37.0 Å². The molecule has 0 radical (unpaired) electrons. The Bertz CT molecular complexity index is 170. The topological polar surface area (TPSA) is 17.1 Å². The van der Waals surface area contributed by atoms with Gasteiger partial charge in [0.05, 0.1) is 0 Å². The fourth-order valence-electron chi connectivity index (χ4n) is 0.630. The SMILES string of the molecule is C=C/C=C(\C=C)CCSC=O. The summed E-state index contributed by atoms with van der Waals surface area (Å²) in [6, 6.07) is 0. The van der Waals surface area contributed by atoms with Gasteiger partial charge in [-0.05, 0) is 12.0 Å². The summed E-state index contributed by atoms with van der Waals surface area (Å²) in [5.74, 6) is 0.815. The van der Waals surface area contributed by atoms with Gasteiger partial charge in [0.15, 0.2) is 5.62 Å². The molecule has 0 aromatic carbocycles. The van der Waals surface area contributed by atoms with Crippen LogP contribution in [0.3, 0.4) is 0 Å². The Morgan fingerprint density at radius 2 is 2.18 bits per heavy atom. The summed E-state index contributed by atoms with van der Waals surface area (Å²) in [5, 5.41) is 0. The zero-order valence-electron chi connectivity index (χ0n) is 6.45. The molecule has 0 aliphatic heterocycles. The van der Waals surface area contributed by atoms with Crippen molar-refractivity contribution in [2.45, 2.75) is 6.42 Å². The summed E-state index contributed by atoms with van der Waals surface area (Å²) < 4.78 is 0. The van der Waals surface area contributed by atoms with E-state index in [0.717, 1.165) is 23.4 Å². The molecule has 0 heterocycles. The van der Waals surface area contributed by atoms with E-state index in [-0.39, 0.29) is 0 Å². The van der Waals surface area contributed by atoms with Crippen molar-refractivity contribution < 1.29 is 4.79 Å². The van der Waals surface area contributed by atoms with Crippen LogP contribution in [0.5, 0.6) is 0 Å². The van der Waals surface area contributed by atoms with Crippen LogP contribution in [0, 0.1) is 0 Å². The van der Waals surface area contributed by atoms with Crippen molar-refractivity contribution >= 4 is 17.4 Å². The van der Waals surface area contributed by atoms with Crippen molar-refractivity contribution in [1.29, 1.82) is 0 Å². The number of hydrogen-bond donors (Lipinski definition) is 0. The van der Waals surface area contributed by atoms with Gasteiger partial charge in [-0.3, -0.25) is 4.79 Å². The monoisotopic (exact) mass is 168 g/mol. The van der Waals surface area contributed by atoms with Gasteiger partial charge in [0.1, 0.15) is 0 Å². The average molecular weight is 168 g/mol. The van der Waals surface area contributed by atoms with Crippen LogP contribution in [0.2, 0.25) is 0 Å². The molecule has 0 bridgehead atoms. The molecular formula is C9H12OS. The number of carbonyl (C=O) groups is 1. The Morgan fingerprint density at radius 3 is 2.64 bits per heavy atom. The Morgan fingerprint density at radius 1 is 1.45 bits per heavy atom. The van der Waals surface area contributed by atoms with Crippen LogP contribution in [0.25, 0.3) is 0 Å². The lowest BCUT2D eigenvalue weighted by atomic mass is 10.2. The smallest absolute Gasteiger partial charge is 0.176 e. The second kappa shape index (κ2) is 7.35. The molecule has 0 aromatic heterocycles. The Labute approximate surface area is 71.9 Å². The lowest BCUT2D eigenvalue weighted by molar-refractivity contribution is 0.570. The van der Waals surface area contributed by atoms with Gasteiger partial charge in [-0.2, -0.15) is 0 Å². The molecule has 0 saturated carbocycles. The summed E-state index contributed by atoms with van der Waals surface area (Å²) in [5.41, 5.74) is 1.98. The predicted octanol–water partition coefficient (Wildman–Crippen LogP) is 2.60. The molecule has 0 saturated heterocycles. The maximum Gasteiger partial charge on any atom is 0.176 e. The zero-order chi connectivity index (χ0) is 8.53. The standard InChI is InChI=1S/C9H12OS/c1-3-5-9(4-2)6-7-11-8-10/h3-5,8H,1-2,6-7H2/b9-5+. The highest BCUT2D eigenvalue weighted by Crippen LogP contribution is 2.07. The minimum absolute atomic E-state index is 0.815. The van der Waals surface area contributed by atoms with Gasteiger partial charge in [0.25, 0.3) is 0 Å². The second-order valence-electron chi connectivity index (χ2n) is 1.90. The first kappa shape index (κ1) is 10.2. The van der Waals surface area contributed by atoms with Crippen molar-refractivity contribution in [2.24, 2.45) is 0 Å². The fraction of sp³-hybridized carbons (Fsp3) is 0.222. The Balaban J connectivity index is 3.69. The third kappa shape index (κ3) is 5.67. The molecule has 60 valence electrons. The number of carbonyl (C=O) groups excluding carboxylic acids is 1. The highest BCUT2D eigenvalue weighted by Gasteiger charge is 1.90. The summed E-state index contributed by atoms with van der Waals surface area (Å²) in [6.45, 7) is 7.22. The van der Waals surface area contributed by atoms with Crippen molar-refractivity contribution in [3.8, 4) is 0 Å². The van der Waals surface area contributed by atoms with Gasteiger partial charge in [-0.15, -0.1) is 0 Å². The minimum Gasteiger partial charge on any atom is -0.291 e. The largest absolute Gasteiger partial charge is 0.291 e. The summed E-state index contributed by atoms with van der Waals surface area (Å²) in [6.07, 6.45) is 6.28. The summed E-state index contributed by atoms with van der Waals surface area (Å²) in [4.78, 5) is 9.93. The van der Waals surface area contributed by atoms with E-state index >= 15 is 0 Å². The van der Waals surface area contributed by atoms with Gasteiger partial charge in [0.2, 0.25) is 0 Å². The molecule has 0 unspecified atom stereocenters. The molecule has 0 fully saturated rings. The first-order valence-corrected chi connectivity index (χ1v) is 4.39. The highest BCUT2D eigenvalue weighted by molar-refractivity contribution is 8.11. The van der Waals surface area contributed by atoms with Crippen LogP contribution in [-0.4, -0.2) is 11.4 Å². The molecule has 11 heavy (non-hydrogen) atoms. The fourth-order valence-corrected chi connectivity index (χ4v) is 1.08. The normalized spacial score (nSPS) is 10.7. The second-order valence-corrected chi connectivity index (χ2v) is 2.83. The van der Waals surface area contributed by atoms with Gasteiger partial charge >= 0.3 is 0 Å². The van der Waals surface area contributed by atoms with Crippen LogP contribution in [0.1, 0.15) is 6.42 Å². The molecule has 0 amide bonds. The van der Waals surface area contributed by atoms with Crippen molar-refractivity contribution in [2.75, 3.05) is 5.75 Å². The Kier molecular flexibility index (Phi) is 6.84. The number of rotatable bonds is 6. The minimum atomic E-state index is 0.815. The summed E-state index contributed by atoms with van der Waals surface area (Å²) >= 11 is 1.27. The molecule has 0 rings (SSSR count). The van der Waals surface area contributed by atoms with Crippen molar-refractivity contribution in [3.05, 3.63) is 37.0 Å². The quantitative estimate of drug-likeness (QED) is 0.344. The van der Waals surface area contributed by atoms with E-state index in [1.807, 2.05) is 6.08 Å². The van der Waals surface area contributed by atoms with Crippen molar-refractivity contribution in [3.63, 3.8) is 0 Å². The maximum atomic E-state index is 9.93. The predicted molar refractivity (Wildman–Crippen MR) is 52.3 cm³/mol. The molecule has 0 aliphatic rings. The highest BCUT2D eigenvalue weighted by atomic mass is 32.2. The lowest BCUT2D eigenvalue weighted by Gasteiger charge is -1.96. The van der Waals surface area contributed by atoms with E-state index < -0.39 is 0 Å². The Hall–Kier alpha value is -0.760. The molecule has 2 heteroatoms.